The van der Waals surface area contributed by atoms with Crippen molar-refractivity contribution in [2.45, 2.75) is 13.5 Å². The van der Waals surface area contributed by atoms with Crippen LogP contribution in [0.1, 0.15) is 21.9 Å². The monoisotopic (exact) mass is 297 g/mol. The molecule has 0 unspecified atom stereocenters. The van der Waals surface area contributed by atoms with Gasteiger partial charge in [0.2, 0.25) is 0 Å². The van der Waals surface area contributed by atoms with Crippen LogP contribution in [-0.4, -0.2) is 27.7 Å². The Kier molecular flexibility index (Phi) is 3.74. The number of fused-ring (bicyclic) bond motifs is 1. The van der Waals surface area contributed by atoms with Crippen LogP contribution in [0.25, 0.3) is 5.65 Å². The number of methoxy groups -OCH3 is 1. The van der Waals surface area contributed by atoms with Crippen molar-refractivity contribution in [3.8, 4) is 5.75 Å². The largest absolute Gasteiger partial charge is 0.486 e. The van der Waals surface area contributed by atoms with Gasteiger partial charge in [0.05, 0.1) is 7.11 Å². The minimum Gasteiger partial charge on any atom is -0.486 e. The van der Waals surface area contributed by atoms with Gasteiger partial charge in [-0.15, -0.1) is 10.2 Å². The van der Waals surface area contributed by atoms with E-state index in [1.165, 1.54) is 7.11 Å². The Labute approximate surface area is 127 Å². The van der Waals surface area contributed by atoms with Gasteiger partial charge in [-0.25, -0.2) is 4.79 Å². The highest BCUT2D eigenvalue weighted by Gasteiger charge is 2.15. The summed E-state index contributed by atoms with van der Waals surface area (Å²) in [5, 5.41) is 8.13. The molecule has 6 heteroatoms. The fourth-order valence-electron chi connectivity index (χ4n) is 2.14. The first kappa shape index (κ1) is 14.1. The molecule has 0 bridgehead atoms. The average Bonchev–Trinajstić information content (AvgIpc) is 2.97. The normalized spacial score (nSPS) is 10.6. The van der Waals surface area contributed by atoms with Crippen molar-refractivity contribution in [2.75, 3.05) is 7.11 Å². The number of nitrogens with zero attached hydrogens (tertiary/aromatic N) is 3. The fraction of sp³-hybridized carbons (Fsp3) is 0.188. The highest BCUT2D eigenvalue weighted by molar-refractivity contribution is 5.88. The quantitative estimate of drug-likeness (QED) is 0.692. The predicted octanol–water partition coefficient (Wildman–Crippen LogP) is 2.40. The number of carbonyl (C=O) groups is 1. The smallest absolute Gasteiger partial charge is 0.355 e. The van der Waals surface area contributed by atoms with E-state index in [0.717, 1.165) is 11.3 Å². The topological polar surface area (TPSA) is 65.7 Å². The molecule has 0 radical (unpaired) electrons. The van der Waals surface area contributed by atoms with Gasteiger partial charge in [-0.2, -0.15) is 0 Å². The number of ether oxygens (including phenoxy) is 2. The van der Waals surface area contributed by atoms with E-state index < -0.39 is 5.97 Å². The zero-order valence-corrected chi connectivity index (χ0v) is 12.3. The van der Waals surface area contributed by atoms with Gasteiger partial charge in [-0.1, -0.05) is 23.8 Å². The van der Waals surface area contributed by atoms with Crippen molar-refractivity contribution in [1.29, 1.82) is 0 Å². The molecule has 2 aromatic heterocycles. The standard InChI is InChI=1S/C16H15N3O3/c1-11-6-8-12(9-7-11)22-10-15-18-17-14-5-3-4-13(19(14)15)16(20)21-2/h3-9H,10H2,1-2H3. The van der Waals surface area contributed by atoms with E-state index in [1.807, 2.05) is 31.2 Å². The second kappa shape index (κ2) is 5.85. The van der Waals surface area contributed by atoms with E-state index >= 15 is 0 Å². The highest BCUT2D eigenvalue weighted by Crippen LogP contribution is 2.15. The van der Waals surface area contributed by atoms with Gasteiger partial charge in [0, 0.05) is 0 Å². The van der Waals surface area contributed by atoms with Crippen LogP contribution in [0.15, 0.2) is 42.5 Å². The van der Waals surface area contributed by atoms with Gasteiger partial charge in [0.15, 0.2) is 11.5 Å². The lowest BCUT2D eigenvalue weighted by molar-refractivity contribution is 0.0591. The highest BCUT2D eigenvalue weighted by atomic mass is 16.5. The van der Waals surface area contributed by atoms with Crippen LogP contribution < -0.4 is 4.74 Å². The van der Waals surface area contributed by atoms with Gasteiger partial charge in [0.25, 0.3) is 0 Å². The minimum atomic E-state index is -0.443. The second-order valence-corrected chi connectivity index (χ2v) is 4.81. The van der Waals surface area contributed by atoms with Crippen molar-refractivity contribution in [2.24, 2.45) is 0 Å². The number of hydrogen-bond acceptors (Lipinski definition) is 5. The van der Waals surface area contributed by atoms with E-state index in [1.54, 1.807) is 22.6 Å². The van der Waals surface area contributed by atoms with E-state index in [2.05, 4.69) is 10.2 Å². The zero-order valence-electron chi connectivity index (χ0n) is 12.3. The van der Waals surface area contributed by atoms with Gasteiger partial charge in [0.1, 0.15) is 18.1 Å². The van der Waals surface area contributed by atoms with Gasteiger partial charge in [-0.3, -0.25) is 4.40 Å². The van der Waals surface area contributed by atoms with Crippen molar-refractivity contribution in [3.63, 3.8) is 0 Å². The van der Waals surface area contributed by atoms with Gasteiger partial charge >= 0.3 is 5.97 Å². The first-order valence-corrected chi connectivity index (χ1v) is 6.80. The SMILES string of the molecule is COC(=O)c1cccc2nnc(COc3ccc(C)cc3)n12. The predicted molar refractivity (Wildman–Crippen MR) is 79.8 cm³/mol. The first-order valence-electron chi connectivity index (χ1n) is 6.80. The Morgan fingerprint density at radius 3 is 2.64 bits per heavy atom. The Balaban J connectivity index is 1.90. The molecule has 0 aliphatic carbocycles. The van der Waals surface area contributed by atoms with Crippen LogP contribution in [0.4, 0.5) is 0 Å². The average molecular weight is 297 g/mol. The van der Waals surface area contributed by atoms with Crippen LogP contribution in [0, 0.1) is 6.92 Å². The zero-order chi connectivity index (χ0) is 15.5. The molecule has 3 aromatic rings. The van der Waals surface area contributed by atoms with Crippen LogP contribution in [0.3, 0.4) is 0 Å². The van der Waals surface area contributed by atoms with E-state index in [-0.39, 0.29) is 6.61 Å². The number of benzene rings is 1. The molecule has 22 heavy (non-hydrogen) atoms. The Morgan fingerprint density at radius 2 is 1.91 bits per heavy atom. The van der Waals surface area contributed by atoms with Crippen molar-refractivity contribution >= 4 is 11.6 Å². The van der Waals surface area contributed by atoms with E-state index in [4.69, 9.17) is 9.47 Å². The summed E-state index contributed by atoms with van der Waals surface area (Å²) in [5.74, 6) is 0.830. The lowest BCUT2D eigenvalue weighted by Crippen LogP contribution is -2.11. The lowest BCUT2D eigenvalue weighted by Gasteiger charge is -2.07. The Morgan fingerprint density at radius 1 is 1.14 bits per heavy atom. The number of rotatable bonds is 4. The molecule has 0 fully saturated rings. The summed E-state index contributed by atoms with van der Waals surface area (Å²) in [6.07, 6.45) is 0. The fourth-order valence-corrected chi connectivity index (χ4v) is 2.14. The summed E-state index contributed by atoms with van der Waals surface area (Å²) in [7, 11) is 1.34. The molecular formula is C16H15N3O3. The third kappa shape index (κ3) is 2.63. The lowest BCUT2D eigenvalue weighted by atomic mass is 10.2. The molecule has 0 atom stereocenters. The number of hydrogen-bond donors (Lipinski definition) is 0. The molecular weight excluding hydrogens is 282 g/mol. The summed E-state index contributed by atoms with van der Waals surface area (Å²) in [4.78, 5) is 11.8. The minimum absolute atomic E-state index is 0.207. The molecule has 112 valence electrons. The first-order chi connectivity index (χ1) is 10.7. The van der Waals surface area contributed by atoms with Crippen LogP contribution in [-0.2, 0) is 11.3 Å². The maximum Gasteiger partial charge on any atom is 0.355 e. The maximum atomic E-state index is 11.8. The van der Waals surface area contributed by atoms with Crippen molar-refractivity contribution < 1.29 is 14.3 Å². The Hall–Kier alpha value is -2.89. The summed E-state index contributed by atoms with van der Waals surface area (Å²) in [6.45, 7) is 2.22. The van der Waals surface area contributed by atoms with Crippen LogP contribution >= 0.6 is 0 Å². The molecule has 3 rings (SSSR count). The molecule has 0 amide bonds. The third-order valence-electron chi connectivity index (χ3n) is 3.28. The summed E-state index contributed by atoms with van der Waals surface area (Å²) in [5.41, 5.74) is 2.10. The van der Waals surface area contributed by atoms with Crippen molar-refractivity contribution in [1.82, 2.24) is 14.6 Å². The summed E-state index contributed by atoms with van der Waals surface area (Å²) < 4.78 is 12.1. The molecule has 0 saturated heterocycles. The number of aromatic nitrogens is 3. The molecule has 0 aliphatic heterocycles. The molecule has 0 aliphatic rings. The molecule has 0 N–H and O–H groups in total. The number of esters is 1. The van der Waals surface area contributed by atoms with E-state index in [9.17, 15) is 4.79 Å². The van der Waals surface area contributed by atoms with E-state index in [0.29, 0.717) is 17.2 Å². The van der Waals surface area contributed by atoms with Crippen molar-refractivity contribution in [3.05, 3.63) is 59.5 Å². The maximum absolute atomic E-state index is 11.8. The van der Waals surface area contributed by atoms with Gasteiger partial charge in [-0.05, 0) is 31.2 Å². The molecule has 2 heterocycles. The number of carbonyl (C=O) groups excluding carboxylic acids is 1. The Bertz CT molecular complexity index is 809. The molecule has 0 spiro atoms. The molecule has 1 aromatic carbocycles. The van der Waals surface area contributed by atoms with Crippen LogP contribution in [0.2, 0.25) is 0 Å². The number of pyridine rings is 1. The third-order valence-corrected chi connectivity index (χ3v) is 3.28. The summed E-state index contributed by atoms with van der Waals surface area (Å²) in [6, 6.07) is 12.9. The summed E-state index contributed by atoms with van der Waals surface area (Å²) >= 11 is 0. The number of aryl methyl sites for hydroxylation is 1. The second-order valence-electron chi connectivity index (χ2n) is 4.81. The molecule has 6 nitrogen and oxygen atoms in total. The van der Waals surface area contributed by atoms with Gasteiger partial charge < -0.3 is 9.47 Å². The van der Waals surface area contributed by atoms with Crippen LogP contribution in [0.5, 0.6) is 5.75 Å². The molecule has 0 saturated carbocycles.